The Morgan fingerprint density at radius 1 is 1.33 bits per heavy atom. The number of hydrogen-bond acceptors (Lipinski definition) is 4. The Hall–Kier alpha value is -1.69. The van der Waals surface area contributed by atoms with Gasteiger partial charge < -0.3 is 10.6 Å². The molecule has 1 atom stereocenters. The molecule has 4 nitrogen and oxygen atoms in total. The number of amides is 1. The van der Waals surface area contributed by atoms with Crippen molar-refractivity contribution in [3.8, 4) is 0 Å². The van der Waals surface area contributed by atoms with Crippen molar-refractivity contribution in [3.63, 3.8) is 0 Å². The van der Waals surface area contributed by atoms with E-state index in [4.69, 9.17) is 0 Å². The van der Waals surface area contributed by atoms with Gasteiger partial charge in [-0.15, -0.1) is 23.7 Å². The van der Waals surface area contributed by atoms with Crippen LogP contribution < -0.4 is 10.6 Å². The standard InChI is InChI=1S/C18H21N3OS.ClH/c22-17(9-7-15-10-11-19-12-15)21-18-20-16(13-23-18)8-6-14-4-2-1-3-5-14;/h1-6,8,13,15,19H,7,9-12H2,(H,20,21,22);1H/b8-6+;. The second-order valence-electron chi connectivity index (χ2n) is 5.77. The highest BCUT2D eigenvalue weighted by atomic mass is 35.5. The number of thiazole rings is 1. The minimum absolute atomic E-state index is 0. The van der Waals surface area contributed by atoms with Crippen LogP contribution in [0.1, 0.15) is 30.5 Å². The molecule has 1 unspecified atom stereocenters. The molecule has 2 aromatic rings. The minimum atomic E-state index is 0. The van der Waals surface area contributed by atoms with E-state index >= 15 is 0 Å². The van der Waals surface area contributed by atoms with Gasteiger partial charge in [0.2, 0.25) is 5.91 Å². The summed E-state index contributed by atoms with van der Waals surface area (Å²) in [6, 6.07) is 10.1. The number of halogens is 1. The lowest BCUT2D eigenvalue weighted by Crippen LogP contribution is -2.14. The maximum Gasteiger partial charge on any atom is 0.226 e. The quantitative estimate of drug-likeness (QED) is 0.813. The fourth-order valence-electron chi connectivity index (χ4n) is 2.64. The van der Waals surface area contributed by atoms with E-state index in [9.17, 15) is 4.79 Å². The van der Waals surface area contributed by atoms with E-state index in [0.29, 0.717) is 17.5 Å². The zero-order chi connectivity index (χ0) is 15.9. The number of anilines is 1. The first-order valence-corrected chi connectivity index (χ1v) is 8.87. The molecule has 24 heavy (non-hydrogen) atoms. The normalized spacial score (nSPS) is 16.9. The molecule has 0 saturated carbocycles. The minimum Gasteiger partial charge on any atom is -0.316 e. The summed E-state index contributed by atoms with van der Waals surface area (Å²) in [5.74, 6) is 0.700. The molecule has 1 saturated heterocycles. The fourth-order valence-corrected chi connectivity index (χ4v) is 3.34. The third-order valence-electron chi connectivity index (χ3n) is 3.96. The largest absolute Gasteiger partial charge is 0.316 e. The van der Waals surface area contributed by atoms with Gasteiger partial charge in [0.15, 0.2) is 5.13 Å². The maximum atomic E-state index is 12.0. The van der Waals surface area contributed by atoms with Crippen molar-refractivity contribution < 1.29 is 4.79 Å². The van der Waals surface area contributed by atoms with Gasteiger partial charge in [0.1, 0.15) is 0 Å². The molecule has 1 aromatic carbocycles. The first-order chi connectivity index (χ1) is 11.3. The number of carbonyl (C=O) groups is 1. The Balaban J connectivity index is 0.00000208. The number of nitrogens with one attached hydrogen (secondary N) is 2. The molecule has 0 aliphatic carbocycles. The summed E-state index contributed by atoms with van der Waals surface area (Å²) in [6.07, 6.45) is 6.69. The number of benzene rings is 1. The predicted octanol–water partition coefficient (Wildman–Crippen LogP) is 4.06. The van der Waals surface area contributed by atoms with E-state index in [1.165, 1.54) is 17.8 Å². The lowest BCUT2D eigenvalue weighted by Gasteiger charge is -2.06. The highest BCUT2D eigenvalue weighted by Crippen LogP contribution is 2.19. The Morgan fingerprint density at radius 3 is 2.92 bits per heavy atom. The lowest BCUT2D eigenvalue weighted by atomic mass is 10.0. The average Bonchev–Trinajstić information content (AvgIpc) is 3.24. The number of rotatable bonds is 6. The second kappa shape index (κ2) is 9.57. The summed E-state index contributed by atoms with van der Waals surface area (Å²) < 4.78 is 0. The topological polar surface area (TPSA) is 54.0 Å². The Labute approximate surface area is 152 Å². The molecule has 128 valence electrons. The fraction of sp³-hybridized carbons (Fsp3) is 0.333. The van der Waals surface area contributed by atoms with Gasteiger partial charge in [-0.2, -0.15) is 0 Å². The molecule has 1 fully saturated rings. The molecule has 2 heterocycles. The van der Waals surface area contributed by atoms with Crippen LogP contribution in [0, 0.1) is 5.92 Å². The van der Waals surface area contributed by atoms with Crippen LogP contribution in [0.25, 0.3) is 12.2 Å². The highest BCUT2D eigenvalue weighted by molar-refractivity contribution is 7.14. The van der Waals surface area contributed by atoms with Crippen LogP contribution in [0.2, 0.25) is 0 Å². The predicted molar refractivity (Wildman–Crippen MR) is 104 cm³/mol. The Bertz CT molecular complexity index is 666. The molecule has 2 N–H and O–H groups in total. The van der Waals surface area contributed by atoms with E-state index in [1.807, 2.05) is 47.9 Å². The summed E-state index contributed by atoms with van der Waals surface area (Å²) in [6.45, 7) is 2.12. The third kappa shape index (κ3) is 5.74. The van der Waals surface area contributed by atoms with Crippen LogP contribution in [0.5, 0.6) is 0 Å². The third-order valence-corrected chi connectivity index (χ3v) is 4.73. The van der Waals surface area contributed by atoms with Crippen LogP contribution in [0.4, 0.5) is 5.13 Å². The number of nitrogens with zero attached hydrogens (tertiary/aromatic N) is 1. The van der Waals surface area contributed by atoms with Crippen LogP contribution in [0.15, 0.2) is 35.7 Å². The molecule has 0 bridgehead atoms. The molecule has 0 spiro atoms. The molecule has 1 aromatic heterocycles. The Morgan fingerprint density at radius 2 is 2.17 bits per heavy atom. The first kappa shape index (κ1) is 18.6. The average molecular weight is 364 g/mol. The monoisotopic (exact) mass is 363 g/mol. The van der Waals surface area contributed by atoms with Gasteiger partial charge in [-0.25, -0.2) is 4.98 Å². The van der Waals surface area contributed by atoms with Crippen molar-refractivity contribution in [2.24, 2.45) is 5.92 Å². The van der Waals surface area contributed by atoms with Crippen LogP contribution in [-0.4, -0.2) is 24.0 Å². The molecule has 1 aliphatic rings. The second-order valence-corrected chi connectivity index (χ2v) is 6.63. The van der Waals surface area contributed by atoms with Gasteiger partial charge in [-0.1, -0.05) is 36.4 Å². The van der Waals surface area contributed by atoms with E-state index in [0.717, 1.165) is 30.8 Å². The highest BCUT2D eigenvalue weighted by Gasteiger charge is 2.16. The molecule has 0 radical (unpaired) electrons. The first-order valence-electron chi connectivity index (χ1n) is 7.99. The van der Waals surface area contributed by atoms with Gasteiger partial charge in [0.25, 0.3) is 0 Å². The van der Waals surface area contributed by atoms with Crippen LogP contribution in [0.3, 0.4) is 0 Å². The zero-order valence-corrected chi connectivity index (χ0v) is 15.0. The summed E-state index contributed by atoms with van der Waals surface area (Å²) in [5, 5.41) is 8.85. The summed E-state index contributed by atoms with van der Waals surface area (Å²) in [5.41, 5.74) is 2.01. The van der Waals surface area contributed by atoms with Crippen LogP contribution in [-0.2, 0) is 4.79 Å². The lowest BCUT2D eigenvalue weighted by molar-refractivity contribution is -0.116. The number of carbonyl (C=O) groups excluding carboxylic acids is 1. The van der Waals surface area contributed by atoms with Crippen molar-refractivity contribution in [2.45, 2.75) is 19.3 Å². The number of hydrogen-bond donors (Lipinski definition) is 2. The van der Waals surface area contributed by atoms with E-state index in [1.54, 1.807) is 0 Å². The Kier molecular flexibility index (Phi) is 7.43. The molecular weight excluding hydrogens is 342 g/mol. The van der Waals surface area contributed by atoms with Crippen LogP contribution >= 0.6 is 23.7 Å². The SMILES string of the molecule is Cl.O=C(CCC1CCNC1)Nc1nc(/C=C/c2ccccc2)cs1. The van der Waals surface area contributed by atoms with Crippen molar-refractivity contribution in [2.75, 3.05) is 18.4 Å². The van der Waals surface area contributed by atoms with Crippen molar-refractivity contribution in [1.82, 2.24) is 10.3 Å². The van der Waals surface area contributed by atoms with Gasteiger partial charge >= 0.3 is 0 Å². The van der Waals surface area contributed by atoms with E-state index in [-0.39, 0.29) is 18.3 Å². The van der Waals surface area contributed by atoms with Gasteiger partial charge in [-0.05, 0) is 43.5 Å². The smallest absolute Gasteiger partial charge is 0.226 e. The molecular formula is C18H22ClN3OS. The molecule has 3 rings (SSSR count). The van der Waals surface area contributed by atoms with Crippen molar-refractivity contribution >= 4 is 46.9 Å². The van der Waals surface area contributed by atoms with Crippen molar-refractivity contribution in [1.29, 1.82) is 0 Å². The van der Waals surface area contributed by atoms with E-state index < -0.39 is 0 Å². The zero-order valence-electron chi connectivity index (χ0n) is 13.4. The maximum absolute atomic E-state index is 12.0. The molecule has 6 heteroatoms. The van der Waals surface area contributed by atoms with E-state index in [2.05, 4.69) is 15.6 Å². The van der Waals surface area contributed by atoms with Crippen molar-refractivity contribution in [3.05, 3.63) is 47.0 Å². The summed E-state index contributed by atoms with van der Waals surface area (Å²) >= 11 is 1.46. The van der Waals surface area contributed by atoms with Gasteiger partial charge in [-0.3, -0.25) is 4.79 Å². The number of aromatic nitrogens is 1. The molecule has 1 amide bonds. The van der Waals surface area contributed by atoms with Gasteiger partial charge in [0, 0.05) is 11.8 Å². The molecule has 1 aliphatic heterocycles. The summed E-state index contributed by atoms with van der Waals surface area (Å²) in [7, 11) is 0. The van der Waals surface area contributed by atoms with Gasteiger partial charge in [0.05, 0.1) is 5.69 Å². The summed E-state index contributed by atoms with van der Waals surface area (Å²) in [4.78, 5) is 16.4.